The van der Waals surface area contributed by atoms with Gasteiger partial charge in [-0.3, -0.25) is 0 Å². The summed E-state index contributed by atoms with van der Waals surface area (Å²) in [5.41, 5.74) is 0. The number of nitrogens with one attached hydrogen (secondary N) is 1. The summed E-state index contributed by atoms with van der Waals surface area (Å²) in [7, 11) is -2.21. The van der Waals surface area contributed by atoms with Crippen molar-refractivity contribution in [3.05, 3.63) is 23.2 Å². The second-order valence-corrected chi connectivity index (χ2v) is 5.92. The van der Waals surface area contributed by atoms with E-state index in [0.717, 1.165) is 0 Å². The Hall–Kier alpha value is -0.820. The highest BCUT2D eigenvalue weighted by Gasteiger charge is 2.19. The quantitative estimate of drug-likeness (QED) is 0.747. The van der Waals surface area contributed by atoms with Crippen molar-refractivity contribution in [1.29, 1.82) is 0 Å². The lowest BCUT2D eigenvalue weighted by Crippen LogP contribution is -2.26. The van der Waals surface area contributed by atoms with E-state index in [-0.39, 0.29) is 10.6 Å². The third-order valence-electron chi connectivity index (χ3n) is 2.38. The van der Waals surface area contributed by atoms with Crippen LogP contribution >= 0.6 is 11.6 Å². The topological polar surface area (TPSA) is 64.6 Å². The van der Waals surface area contributed by atoms with Gasteiger partial charge in [0, 0.05) is 24.8 Å². The molecule has 0 saturated heterocycles. The maximum absolute atomic E-state index is 12.1. The monoisotopic (exact) mass is 307 g/mol. The third-order valence-corrected chi connectivity index (χ3v) is 4.09. The molecule has 19 heavy (non-hydrogen) atoms. The first-order valence-corrected chi connectivity index (χ1v) is 7.78. The molecule has 7 heteroatoms. The summed E-state index contributed by atoms with van der Waals surface area (Å²) in [6.45, 7) is 3.33. The van der Waals surface area contributed by atoms with Gasteiger partial charge in [0.15, 0.2) is 0 Å². The van der Waals surface area contributed by atoms with Crippen molar-refractivity contribution in [2.45, 2.75) is 18.2 Å². The lowest BCUT2D eigenvalue weighted by Gasteiger charge is -2.11. The Balaban J connectivity index is 2.74. The number of methoxy groups -OCH3 is 1. The number of halogens is 1. The molecule has 1 rings (SSSR count). The summed E-state index contributed by atoms with van der Waals surface area (Å²) in [4.78, 5) is 0.0407. The molecule has 5 nitrogen and oxygen atoms in total. The van der Waals surface area contributed by atoms with Crippen molar-refractivity contribution in [2.75, 3.05) is 26.9 Å². The van der Waals surface area contributed by atoms with Gasteiger partial charge in [0.25, 0.3) is 0 Å². The van der Waals surface area contributed by atoms with E-state index >= 15 is 0 Å². The van der Waals surface area contributed by atoms with Crippen LogP contribution < -0.4 is 9.46 Å². The molecule has 0 radical (unpaired) electrons. The number of hydrogen-bond donors (Lipinski definition) is 1. The zero-order valence-corrected chi connectivity index (χ0v) is 12.6. The molecule has 1 N–H and O–H groups in total. The zero-order valence-electron chi connectivity index (χ0n) is 11.0. The van der Waals surface area contributed by atoms with Gasteiger partial charge in [0.2, 0.25) is 10.0 Å². The molecule has 0 fully saturated rings. The van der Waals surface area contributed by atoms with Gasteiger partial charge in [0.05, 0.1) is 7.11 Å². The van der Waals surface area contributed by atoms with Crippen molar-refractivity contribution in [3.63, 3.8) is 0 Å². The summed E-state index contributed by atoms with van der Waals surface area (Å²) >= 11 is 5.81. The number of benzene rings is 1. The van der Waals surface area contributed by atoms with Crippen LogP contribution in [0.3, 0.4) is 0 Å². The van der Waals surface area contributed by atoms with Gasteiger partial charge in [-0.05, 0) is 31.5 Å². The molecular formula is C12H18ClNO4S. The van der Waals surface area contributed by atoms with Crippen LogP contribution in [0.4, 0.5) is 0 Å². The van der Waals surface area contributed by atoms with Crippen LogP contribution in [0, 0.1) is 0 Å². The molecule has 0 heterocycles. The minimum atomic E-state index is -3.63. The first-order chi connectivity index (χ1) is 9.01. The van der Waals surface area contributed by atoms with Crippen molar-refractivity contribution >= 4 is 21.6 Å². The standard InChI is InChI=1S/C12H18ClNO4S/c1-3-18-8-4-7-14-19(15,16)12-9-10(13)5-6-11(12)17-2/h5-6,9,14H,3-4,7-8H2,1-2H3. The minimum absolute atomic E-state index is 0.0407. The SMILES string of the molecule is CCOCCCNS(=O)(=O)c1cc(Cl)ccc1OC. The molecular weight excluding hydrogens is 290 g/mol. The van der Waals surface area contributed by atoms with Crippen LogP contribution in [0.2, 0.25) is 5.02 Å². The van der Waals surface area contributed by atoms with E-state index in [9.17, 15) is 8.42 Å². The van der Waals surface area contributed by atoms with E-state index in [4.69, 9.17) is 21.1 Å². The largest absolute Gasteiger partial charge is 0.495 e. The van der Waals surface area contributed by atoms with E-state index in [1.807, 2.05) is 6.92 Å². The van der Waals surface area contributed by atoms with Crippen LogP contribution in [0.1, 0.15) is 13.3 Å². The molecule has 0 bridgehead atoms. The molecule has 0 atom stereocenters. The zero-order chi connectivity index (χ0) is 14.3. The van der Waals surface area contributed by atoms with Crippen LogP contribution in [0.15, 0.2) is 23.1 Å². The Kier molecular flexibility index (Phi) is 6.57. The third kappa shape index (κ3) is 4.99. The number of rotatable bonds is 8. The van der Waals surface area contributed by atoms with Crippen molar-refractivity contribution in [2.24, 2.45) is 0 Å². The molecule has 108 valence electrons. The number of hydrogen-bond acceptors (Lipinski definition) is 4. The fourth-order valence-corrected chi connectivity index (χ4v) is 2.97. The van der Waals surface area contributed by atoms with Gasteiger partial charge in [-0.1, -0.05) is 11.6 Å². The summed E-state index contributed by atoms with van der Waals surface area (Å²) in [6.07, 6.45) is 0.607. The summed E-state index contributed by atoms with van der Waals surface area (Å²) in [5.74, 6) is 0.265. The number of ether oxygens (including phenoxy) is 2. The van der Waals surface area contributed by atoms with Crippen molar-refractivity contribution in [3.8, 4) is 5.75 Å². The average molecular weight is 308 g/mol. The van der Waals surface area contributed by atoms with Gasteiger partial charge >= 0.3 is 0 Å². The van der Waals surface area contributed by atoms with Crippen molar-refractivity contribution < 1.29 is 17.9 Å². The normalized spacial score (nSPS) is 11.5. The average Bonchev–Trinajstić information content (AvgIpc) is 2.38. The molecule has 0 unspecified atom stereocenters. The summed E-state index contributed by atoms with van der Waals surface area (Å²) < 4.78 is 36.9. The van der Waals surface area contributed by atoms with Gasteiger partial charge in [-0.25, -0.2) is 13.1 Å². The van der Waals surface area contributed by atoms with Gasteiger partial charge in [-0.15, -0.1) is 0 Å². The highest BCUT2D eigenvalue weighted by molar-refractivity contribution is 7.89. The number of sulfonamides is 1. The maximum Gasteiger partial charge on any atom is 0.244 e. The van der Waals surface area contributed by atoms with E-state index in [0.29, 0.717) is 31.2 Å². The van der Waals surface area contributed by atoms with E-state index in [1.54, 1.807) is 6.07 Å². The van der Waals surface area contributed by atoms with Gasteiger partial charge < -0.3 is 9.47 Å². The molecule has 0 aromatic heterocycles. The molecule has 1 aromatic carbocycles. The van der Waals surface area contributed by atoms with Gasteiger partial charge in [0.1, 0.15) is 10.6 Å². The fraction of sp³-hybridized carbons (Fsp3) is 0.500. The lowest BCUT2D eigenvalue weighted by molar-refractivity contribution is 0.146. The molecule has 0 saturated carbocycles. The molecule has 0 aliphatic carbocycles. The Bertz CT molecular complexity index is 504. The highest BCUT2D eigenvalue weighted by Crippen LogP contribution is 2.26. The predicted molar refractivity (Wildman–Crippen MR) is 74.3 cm³/mol. The molecule has 0 spiro atoms. The van der Waals surface area contributed by atoms with Crippen LogP contribution in [0.25, 0.3) is 0 Å². The summed E-state index contributed by atoms with van der Waals surface area (Å²) in [6, 6.07) is 4.47. The lowest BCUT2D eigenvalue weighted by atomic mass is 10.3. The summed E-state index contributed by atoms with van der Waals surface area (Å²) in [5, 5.41) is 0.343. The smallest absolute Gasteiger partial charge is 0.244 e. The Morgan fingerprint density at radius 3 is 2.74 bits per heavy atom. The molecule has 0 aliphatic heterocycles. The first-order valence-electron chi connectivity index (χ1n) is 5.92. The molecule has 0 aliphatic rings. The first kappa shape index (κ1) is 16.2. The Morgan fingerprint density at radius 1 is 1.37 bits per heavy atom. The molecule has 1 aromatic rings. The van der Waals surface area contributed by atoms with E-state index < -0.39 is 10.0 Å². The second kappa shape index (κ2) is 7.69. The second-order valence-electron chi connectivity index (χ2n) is 3.74. The molecule has 0 amide bonds. The Labute approximate surface area is 118 Å². The van der Waals surface area contributed by atoms with Gasteiger partial charge in [-0.2, -0.15) is 0 Å². The Morgan fingerprint density at radius 2 is 2.11 bits per heavy atom. The van der Waals surface area contributed by atoms with Crippen LogP contribution in [-0.2, 0) is 14.8 Å². The van der Waals surface area contributed by atoms with Crippen LogP contribution in [-0.4, -0.2) is 35.3 Å². The van der Waals surface area contributed by atoms with Crippen molar-refractivity contribution in [1.82, 2.24) is 4.72 Å². The van der Waals surface area contributed by atoms with E-state index in [2.05, 4.69) is 4.72 Å². The highest BCUT2D eigenvalue weighted by atomic mass is 35.5. The van der Waals surface area contributed by atoms with Crippen LogP contribution in [0.5, 0.6) is 5.75 Å². The fourth-order valence-electron chi connectivity index (χ4n) is 1.46. The predicted octanol–water partition coefficient (Wildman–Crippen LogP) is 2.05. The van der Waals surface area contributed by atoms with E-state index in [1.165, 1.54) is 19.2 Å². The maximum atomic E-state index is 12.1. The minimum Gasteiger partial charge on any atom is -0.495 e.